The van der Waals surface area contributed by atoms with Crippen LogP contribution in [-0.2, 0) is 0 Å². The van der Waals surface area contributed by atoms with Crippen molar-refractivity contribution in [2.75, 3.05) is 11.9 Å². The molecular weight excluding hydrogens is 263 g/mol. The molecule has 1 aromatic heterocycles. The van der Waals surface area contributed by atoms with Crippen LogP contribution in [0.3, 0.4) is 0 Å². The van der Waals surface area contributed by atoms with Crippen molar-refractivity contribution >= 4 is 17.0 Å². The number of nitrogens with zero attached hydrogens (tertiary/aromatic N) is 1. The third-order valence-corrected chi connectivity index (χ3v) is 3.72. The van der Waals surface area contributed by atoms with E-state index >= 15 is 0 Å². The van der Waals surface area contributed by atoms with Gasteiger partial charge >= 0.3 is 0 Å². The fourth-order valence-electron chi connectivity index (χ4n) is 1.79. The second kappa shape index (κ2) is 6.32. The summed E-state index contributed by atoms with van der Waals surface area (Å²) >= 11 is 1.56. The smallest absolute Gasteiger partial charge is 0.147 e. The van der Waals surface area contributed by atoms with Crippen molar-refractivity contribution in [1.29, 1.82) is 5.26 Å². The normalized spacial score (nSPS) is 11.8. The Balaban J connectivity index is 2.20. The molecule has 2 aromatic rings. The van der Waals surface area contributed by atoms with E-state index in [9.17, 15) is 4.39 Å². The van der Waals surface area contributed by atoms with Crippen LogP contribution in [0.2, 0.25) is 0 Å². The van der Waals surface area contributed by atoms with Crippen molar-refractivity contribution in [2.45, 2.75) is 12.5 Å². The highest BCUT2D eigenvalue weighted by Crippen LogP contribution is 2.27. The van der Waals surface area contributed by atoms with Crippen LogP contribution in [0, 0.1) is 17.1 Å². The highest BCUT2D eigenvalue weighted by atomic mass is 32.1. The fourth-order valence-corrected chi connectivity index (χ4v) is 2.61. The molecule has 2 rings (SSSR count). The van der Waals surface area contributed by atoms with Gasteiger partial charge in [0.25, 0.3) is 0 Å². The minimum atomic E-state index is -0.460. The summed E-state index contributed by atoms with van der Waals surface area (Å²) < 4.78 is 13.8. The lowest BCUT2D eigenvalue weighted by atomic mass is 10.1. The van der Waals surface area contributed by atoms with Gasteiger partial charge in [-0.2, -0.15) is 5.26 Å². The topological polar surface area (TPSA) is 56.0 Å². The molecule has 0 spiro atoms. The van der Waals surface area contributed by atoms with Gasteiger partial charge in [0, 0.05) is 11.5 Å². The number of rotatable bonds is 5. The highest BCUT2D eigenvalue weighted by molar-refractivity contribution is 7.10. The van der Waals surface area contributed by atoms with E-state index in [0.29, 0.717) is 12.1 Å². The molecular formula is C14H13FN2OS. The number of aliphatic hydroxyl groups excluding tert-OH is 1. The van der Waals surface area contributed by atoms with Gasteiger partial charge in [-0.1, -0.05) is 6.07 Å². The Labute approximate surface area is 114 Å². The summed E-state index contributed by atoms with van der Waals surface area (Å²) in [4.78, 5) is 1.04. The van der Waals surface area contributed by atoms with E-state index in [1.54, 1.807) is 23.5 Å². The van der Waals surface area contributed by atoms with E-state index in [2.05, 4.69) is 5.32 Å². The number of anilines is 1. The molecule has 1 atom stereocenters. The molecule has 1 heterocycles. The molecule has 0 saturated carbocycles. The Bertz CT molecular complexity index is 578. The Kier molecular flexibility index (Phi) is 4.50. The van der Waals surface area contributed by atoms with E-state index in [1.165, 1.54) is 6.07 Å². The number of halogens is 1. The Morgan fingerprint density at radius 3 is 2.84 bits per heavy atom. The Morgan fingerprint density at radius 2 is 2.26 bits per heavy atom. The molecule has 0 radical (unpaired) electrons. The van der Waals surface area contributed by atoms with Crippen LogP contribution in [-0.4, -0.2) is 11.7 Å². The van der Waals surface area contributed by atoms with Gasteiger partial charge in [-0.05, 0) is 36.1 Å². The van der Waals surface area contributed by atoms with Gasteiger partial charge in [-0.3, -0.25) is 0 Å². The van der Waals surface area contributed by atoms with Crippen LogP contribution in [0.15, 0.2) is 35.7 Å². The summed E-state index contributed by atoms with van der Waals surface area (Å²) in [6.45, 7) is 0.0213. The maximum atomic E-state index is 13.8. The van der Waals surface area contributed by atoms with Gasteiger partial charge < -0.3 is 10.4 Å². The number of aliphatic hydroxyl groups is 1. The number of thiophene rings is 1. The molecule has 19 heavy (non-hydrogen) atoms. The first kappa shape index (κ1) is 13.5. The third-order valence-electron chi connectivity index (χ3n) is 2.73. The van der Waals surface area contributed by atoms with Gasteiger partial charge in [0.2, 0.25) is 0 Å². The van der Waals surface area contributed by atoms with E-state index in [4.69, 9.17) is 10.4 Å². The number of hydrogen-bond acceptors (Lipinski definition) is 4. The second-order valence-corrected chi connectivity index (χ2v) is 5.01. The number of benzene rings is 1. The molecule has 2 N–H and O–H groups in total. The summed E-state index contributed by atoms with van der Waals surface area (Å²) in [5.74, 6) is -0.460. The van der Waals surface area contributed by atoms with Gasteiger partial charge in [-0.15, -0.1) is 11.3 Å². The zero-order valence-electron chi connectivity index (χ0n) is 10.1. The van der Waals surface area contributed by atoms with Crippen molar-refractivity contribution in [3.8, 4) is 6.07 Å². The van der Waals surface area contributed by atoms with Crippen LogP contribution >= 0.6 is 11.3 Å². The minimum Gasteiger partial charge on any atom is -0.396 e. The Morgan fingerprint density at radius 1 is 1.42 bits per heavy atom. The largest absolute Gasteiger partial charge is 0.396 e. The highest BCUT2D eigenvalue weighted by Gasteiger charge is 2.14. The van der Waals surface area contributed by atoms with E-state index < -0.39 is 5.82 Å². The van der Waals surface area contributed by atoms with Gasteiger partial charge in [-0.25, -0.2) is 4.39 Å². The molecule has 0 unspecified atom stereocenters. The van der Waals surface area contributed by atoms with E-state index in [1.807, 2.05) is 23.6 Å². The molecule has 0 aliphatic rings. The van der Waals surface area contributed by atoms with Crippen LogP contribution < -0.4 is 5.32 Å². The monoisotopic (exact) mass is 276 g/mol. The van der Waals surface area contributed by atoms with Crippen molar-refractivity contribution in [3.05, 3.63) is 52.0 Å². The number of nitrogens with one attached hydrogen (secondary N) is 1. The van der Waals surface area contributed by atoms with Crippen molar-refractivity contribution in [2.24, 2.45) is 0 Å². The summed E-state index contributed by atoms with van der Waals surface area (Å²) in [6, 6.07) is 9.94. The summed E-state index contributed by atoms with van der Waals surface area (Å²) in [5, 5.41) is 22.8. The maximum Gasteiger partial charge on any atom is 0.147 e. The lowest BCUT2D eigenvalue weighted by molar-refractivity contribution is 0.280. The quantitative estimate of drug-likeness (QED) is 0.881. The maximum absolute atomic E-state index is 13.8. The fraction of sp³-hybridized carbons (Fsp3) is 0.214. The molecule has 3 nitrogen and oxygen atoms in total. The predicted molar refractivity (Wildman–Crippen MR) is 73.5 cm³/mol. The standard InChI is InChI=1S/C14H13FN2OS/c15-11-8-10(9-16)3-4-12(11)17-13(5-6-18)14-2-1-7-19-14/h1-4,7-8,13,17-18H,5-6H2/t13-/m0/s1. The average Bonchev–Trinajstić information content (AvgIpc) is 2.94. The van der Waals surface area contributed by atoms with Crippen molar-refractivity contribution in [1.82, 2.24) is 0 Å². The minimum absolute atomic E-state index is 0.0213. The molecule has 0 saturated heterocycles. The lowest BCUT2D eigenvalue weighted by Crippen LogP contribution is -2.12. The van der Waals surface area contributed by atoms with E-state index in [-0.39, 0.29) is 18.2 Å². The molecule has 5 heteroatoms. The first-order chi connectivity index (χ1) is 9.24. The Hall–Kier alpha value is -1.90. The van der Waals surface area contributed by atoms with Gasteiger partial charge in [0.05, 0.1) is 23.4 Å². The van der Waals surface area contributed by atoms with Crippen LogP contribution in [0.25, 0.3) is 0 Å². The first-order valence-electron chi connectivity index (χ1n) is 5.85. The zero-order valence-corrected chi connectivity index (χ0v) is 11.0. The van der Waals surface area contributed by atoms with Gasteiger partial charge in [0.15, 0.2) is 0 Å². The molecule has 0 aliphatic carbocycles. The van der Waals surface area contributed by atoms with Crippen LogP contribution in [0.4, 0.5) is 10.1 Å². The van der Waals surface area contributed by atoms with E-state index in [0.717, 1.165) is 4.88 Å². The molecule has 0 bridgehead atoms. The summed E-state index contributed by atoms with van der Waals surface area (Å²) in [6.07, 6.45) is 0.500. The summed E-state index contributed by atoms with van der Waals surface area (Å²) in [7, 11) is 0. The number of hydrogen-bond donors (Lipinski definition) is 2. The second-order valence-electron chi connectivity index (χ2n) is 4.03. The first-order valence-corrected chi connectivity index (χ1v) is 6.73. The molecule has 0 aliphatic heterocycles. The van der Waals surface area contributed by atoms with Crippen LogP contribution in [0.5, 0.6) is 0 Å². The van der Waals surface area contributed by atoms with Crippen LogP contribution in [0.1, 0.15) is 22.9 Å². The predicted octanol–water partition coefficient (Wildman–Crippen LogP) is 3.29. The molecule has 0 amide bonds. The third kappa shape index (κ3) is 3.31. The summed E-state index contributed by atoms with van der Waals surface area (Å²) in [5.41, 5.74) is 0.628. The lowest BCUT2D eigenvalue weighted by Gasteiger charge is -2.18. The molecule has 98 valence electrons. The molecule has 0 fully saturated rings. The zero-order chi connectivity index (χ0) is 13.7. The SMILES string of the molecule is N#Cc1ccc(N[C@@H](CCO)c2cccs2)c(F)c1. The number of nitriles is 1. The molecule has 1 aromatic carbocycles. The van der Waals surface area contributed by atoms with Crippen molar-refractivity contribution < 1.29 is 9.50 Å². The van der Waals surface area contributed by atoms with Crippen molar-refractivity contribution in [3.63, 3.8) is 0 Å². The van der Waals surface area contributed by atoms with Gasteiger partial charge in [0.1, 0.15) is 5.82 Å². The average molecular weight is 276 g/mol.